The number of esters is 2. The summed E-state index contributed by atoms with van der Waals surface area (Å²) in [5.41, 5.74) is 1.24. The van der Waals surface area contributed by atoms with E-state index < -0.39 is 64.6 Å². The van der Waals surface area contributed by atoms with Crippen molar-refractivity contribution in [1.82, 2.24) is 0 Å². The van der Waals surface area contributed by atoms with E-state index in [1.807, 2.05) is 0 Å². The zero-order valence-corrected chi connectivity index (χ0v) is 18.3. The van der Waals surface area contributed by atoms with E-state index in [4.69, 9.17) is 19.9 Å². The van der Waals surface area contributed by atoms with Crippen molar-refractivity contribution in [2.75, 3.05) is 0 Å². The molecule has 0 saturated heterocycles. The lowest BCUT2D eigenvalue weighted by molar-refractivity contribution is -0.198. The maximum Gasteiger partial charge on any atom is 0.342 e. The van der Waals surface area contributed by atoms with Crippen LogP contribution in [0.1, 0.15) is 39.7 Å². The lowest BCUT2D eigenvalue weighted by atomic mass is 9.87. The Morgan fingerprint density at radius 1 is 1.22 bits per heavy atom. The van der Waals surface area contributed by atoms with Gasteiger partial charge in [-0.05, 0) is 44.9 Å². The highest BCUT2D eigenvalue weighted by Crippen LogP contribution is 2.67. The average Bonchev–Trinajstić information content (AvgIpc) is 3.16. The van der Waals surface area contributed by atoms with Crippen LogP contribution in [0, 0.1) is 23.1 Å². The molecule has 1 aromatic carbocycles. The van der Waals surface area contributed by atoms with E-state index in [1.165, 1.54) is 31.2 Å². The van der Waals surface area contributed by atoms with Crippen LogP contribution in [0.3, 0.4) is 0 Å². The van der Waals surface area contributed by atoms with Crippen molar-refractivity contribution in [2.24, 2.45) is 23.0 Å². The zero-order chi connectivity index (χ0) is 24.1. The number of carboxylic acids is 1. The fourth-order valence-corrected chi connectivity index (χ4v) is 4.18. The molecule has 0 aliphatic heterocycles. The fraction of sp³-hybridized carbons (Fsp3) is 0.591. The van der Waals surface area contributed by atoms with Gasteiger partial charge >= 0.3 is 17.9 Å². The smallest absolute Gasteiger partial charge is 0.342 e. The third-order valence-corrected chi connectivity index (χ3v) is 6.01. The maximum atomic E-state index is 15.0. The van der Waals surface area contributed by atoms with Crippen molar-refractivity contribution >= 4 is 17.9 Å². The molecule has 0 heterocycles. The minimum absolute atomic E-state index is 0.0580. The summed E-state index contributed by atoms with van der Waals surface area (Å²) in [6.07, 6.45) is -2.50. The normalized spacial score (nSPS) is 32.0. The van der Waals surface area contributed by atoms with Crippen molar-refractivity contribution in [3.63, 3.8) is 0 Å². The summed E-state index contributed by atoms with van der Waals surface area (Å²) >= 11 is 0. The second-order valence-electron chi connectivity index (χ2n) is 9.38. The van der Waals surface area contributed by atoms with Gasteiger partial charge in [-0.15, -0.1) is 0 Å². The number of hydrogen-bond donors (Lipinski definition) is 2. The van der Waals surface area contributed by atoms with Crippen molar-refractivity contribution in [3.05, 3.63) is 35.6 Å². The Balaban J connectivity index is 1.76. The van der Waals surface area contributed by atoms with E-state index in [0.717, 1.165) is 0 Å². The SMILES string of the molecule is C[C@@H](OC(=O)C(C)(C)C)OC(=O)[C@@]1(N)[C@H]2[C@@H](C[C@H]1OCc1ccc(F)cc1)[C@]2(F)C(=O)O. The van der Waals surface area contributed by atoms with Crippen LogP contribution >= 0.6 is 0 Å². The number of carbonyl (C=O) groups excluding carboxylic acids is 2. The highest BCUT2D eigenvalue weighted by molar-refractivity contribution is 5.91. The number of benzene rings is 1. The Kier molecular flexibility index (Phi) is 6.07. The molecular weight excluding hydrogens is 428 g/mol. The number of halogens is 2. The molecule has 2 aliphatic rings. The molecule has 3 rings (SSSR count). The lowest BCUT2D eigenvalue weighted by Gasteiger charge is -2.34. The van der Waals surface area contributed by atoms with Gasteiger partial charge in [0.05, 0.1) is 18.1 Å². The topological polar surface area (TPSA) is 125 Å². The first-order chi connectivity index (χ1) is 14.7. The number of rotatable bonds is 7. The highest BCUT2D eigenvalue weighted by Gasteiger charge is 2.85. The van der Waals surface area contributed by atoms with Crippen molar-refractivity contribution in [1.29, 1.82) is 0 Å². The number of carboxylic acid groups (broad SMARTS) is 1. The molecule has 0 amide bonds. The Labute approximate surface area is 184 Å². The first-order valence-corrected chi connectivity index (χ1v) is 10.2. The van der Waals surface area contributed by atoms with Gasteiger partial charge in [-0.25, -0.2) is 18.4 Å². The summed E-state index contributed by atoms with van der Waals surface area (Å²) in [6.45, 7) is 6.09. The number of nitrogens with two attached hydrogens (primary N) is 1. The molecule has 176 valence electrons. The van der Waals surface area contributed by atoms with Crippen LogP contribution in [0.5, 0.6) is 0 Å². The third-order valence-electron chi connectivity index (χ3n) is 6.01. The molecule has 8 nitrogen and oxygen atoms in total. The predicted molar refractivity (Wildman–Crippen MR) is 106 cm³/mol. The van der Waals surface area contributed by atoms with E-state index in [-0.39, 0.29) is 13.0 Å². The van der Waals surface area contributed by atoms with E-state index >= 15 is 4.39 Å². The summed E-state index contributed by atoms with van der Waals surface area (Å²) in [5.74, 6) is -6.28. The van der Waals surface area contributed by atoms with E-state index in [9.17, 15) is 23.9 Å². The molecule has 32 heavy (non-hydrogen) atoms. The molecule has 0 radical (unpaired) electrons. The summed E-state index contributed by atoms with van der Waals surface area (Å²) in [7, 11) is 0. The first kappa shape index (κ1) is 24.1. The average molecular weight is 455 g/mol. The molecule has 2 aliphatic carbocycles. The van der Waals surface area contributed by atoms with Gasteiger partial charge in [-0.1, -0.05) is 12.1 Å². The quantitative estimate of drug-likeness (QED) is 0.474. The van der Waals surface area contributed by atoms with Crippen LogP contribution in [0.15, 0.2) is 24.3 Å². The summed E-state index contributed by atoms with van der Waals surface area (Å²) < 4.78 is 44.1. The zero-order valence-electron chi connectivity index (χ0n) is 18.3. The molecule has 0 spiro atoms. The van der Waals surface area contributed by atoms with Gasteiger partial charge < -0.3 is 25.1 Å². The van der Waals surface area contributed by atoms with Crippen LogP contribution in [-0.2, 0) is 35.2 Å². The van der Waals surface area contributed by atoms with E-state index in [0.29, 0.717) is 5.56 Å². The Hall–Kier alpha value is -2.59. The summed E-state index contributed by atoms with van der Waals surface area (Å²) in [6, 6.07) is 5.42. The standard InChI is InChI=1S/C22H27F2NO7/c1-11(31-18(28)20(2,3)4)32-19(29)22(25)15(9-14-16(22)21(14,24)17(26)27)30-10-12-5-7-13(23)8-6-12/h5-8,11,14-16H,9-10,25H2,1-4H3,(H,26,27)/t11-,14+,15+,16-,21+,22-/m0/s1. The number of carbonyl (C=O) groups is 3. The molecule has 2 fully saturated rings. The molecule has 0 bridgehead atoms. The Bertz CT molecular complexity index is 916. The fourth-order valence-electron chi connectivity index (χ4n) is 4.18. The Morgan fingerprint density at radius 3 is 2.34 bits per heavy atom. The van der Waals surface area contributed by atoms with Gasteiger partial charge in [0.25, 0.3) is 0 Å². The molecule has 6 atom stereocenters. The molecular formula is C22H27F2NO7. The van der Waals surface area contributed by atoms with Crippen LogP contribution in [0.4, 0.5) is 8.78 Å². The maximum absolute atomic E-state index is 15.0. The minimum Gasteiger partial charge on any atom is -0.479 e. The second kappa shape index (κ2) is 8.08. The molecule has 2 saturated carbocycles. The van der Waals surface area contributed by atoms with Gasteiger partial charge in [-0.3, -0.25) is 4.79 Å². The van der Waals surface area contributed by atoms with Gasteiger partial charge in [0, 0.05) is 18.8 Å². The number of fused-ring (bicyclic) bond motifs is 1. The van der Waals surface area contributed by atoms with Crippen molar-refractivity contribution < 1.29 is 42.5 Å². The van der Waals surface area contributed by atoms with Crippen LogP contribution in [-0.4, -0.2) is 46.6 Å². The lowest BCUT2D eigenvalue weighted by Crippen LogP contribution is -2.61. The molecule has 1 aromatic rings. The minimum atomic E-state index is -2.67. The predicted octanol–water partition coefficient (Wildman–Crippen LogP) is 2.33. The number of aliphatic carboxylic acids is 1. The number of alkyl halides is 1. The largest absolute Gasteiger partial charge is 0.479 e. The monoisotopic (exact) mass is 455 g/mol. The van der Waals surface area contributed by atoms with Gasteiger partial charge in [0.15, 0.2) is 0 Å². The molecule has 3 N–H and O–H groups in total. The van der Waals surface area contributed by atoms with E-state index in [2.05, 4.69) is 0 Å². The van der Waals surface area contributed by atoms with Gasteiger partial charge in [0.1, 0.15) is 11.4 Å². The van der Waals surface area contributed by atoms with Crippen LogP contribution < -0.4 is 5.73 Å². The summed E-state index contributed by atoms with van der Waals surface area (Å²) in [4.78, 5) is 36.5. The molecule has 10 heteroatoms. The van der Waals surface area contributed by atoms with Crippen molar-refractivity contribution in [2.45, 2.75) is 64.3 Å². The summed E-state index contributed by atoms with van der Waals surface area (Å²) in [5, 5.41) is 9.31. The number of ether oxygens (including phenoxy) is 3. The molecule has 0 unspecified atom stereocenters. The van der Waals surface area contributed by atoms with E-state index in [1.54, 1.807) is 20.8 Å². The first-order valence-electron chi connectivity index (χ1n) is 10.2. The van der Waals surface area contributed by atoms with Gasteiger partial charge in [0.2, 0.25) is 12.0 Å². The molecule has 0 aromatic heterocycles. The van der Waals surface area contributed by atoms with Gasteiger partial charge in [-0.2, -0.15) is 0 Å². The van der Waals surface area contributed by atoms with Crippen LogP contribution in [0.2, 0.25) is 0 Å². The number of hydrogen-bond acceptors (Lipinski definition) is 7. The van der Waals surface area contributed by atoms with Crippen LogP contribution in [0.25, 0.3) is 0 Å². The Morgan fingerprint density at radius 2 is 1.81 bits per heavy atom. The highest BCUT2D eigenvalue weighted by atomic mass is 19.1. The second-order valence-corrected chi connectivity index (χ2v) is 9.38. The van der Waals surface area contributed by atoms with Crippen molar-refractivity contribution in [3.8, 4) is 0 Å². The third kappa shape index (κ3) is 4.09.